The molecule has 3 rings (SSSR count). The number of benzene rings is 2. The summed E-state index contributed by atoms with van der Waals surface area (Å²) in [6, 6.07) is 10.2. The third-order valence-electron chi connectivity index (χ3n) is 4.07. The number of ketones is 2. The summed E-state index contributed by atoms with van der Waals surface area (Å²) in [6.07, 6.45) is 0. The fraction of sp³-hybridized carbons (Fsp3) is 0.211. The molecule has 4 nitrogen and oxygen atoms in total. The number of hydrogen-bond donors (Lipinski definition) is 1. The minimum absolute atomic E-state index is 0.180. The Morgan fingerprint density at radius 1 is 0.913 bits per heavy atom. The number of carbonyl (C=O) groups excluding carboxylic acids is 3. The smallest absolute Gasteiger partial charge is 0.226 e. The predicted molar refractivity (Wildman–Crippen MR) is 88.0 cm³/mol. The van der Waals surface area contributed by atoms with Crippen molar-refractivity contribution in [2.75, 3.05) is 5.32 Å². The first kappa shape index (κ1) is 15.2. The Balaban J connectivity index is 2.21. The zero-order valence-electron chi connectivity index (χ0n) is 13.3. The van der Waals surface area contributed by atoms with Crippen LogP contribution in [0, 0.1) is 12.8 Å². The Morgan fingerprint density at radius 3 is 2.13 bits per heavy atom. The van der Waals surface area contributed by atoms with Crippen LogP contribution in [0.15, 0.2) is 36.4 Å². The van der Waals surface area contributed by atoms with Gasteiger partial charge in [0.1, 0.15) is 0 Å². The van der Waals surface area contributed by atoms with Gasteiger partial charge in [-0.2, -0.15) is 0 Å². The van der Waals surface area contributed by atoms with Gasteiger partial charge in [0.2, 0.25) is 5.91 Å². The Kier molecular flexibility index (Phi) is 3.60. The van der Waals surface area contributed by atoms with Gasteiger partial charge in [0.05, 0.1) is 11.3 Å². The highest BCUT2D eigenvalue weighted by Gasteiger charge is 2.32. The molecule has 1 aliphatic carbocycles. The zero-order chi connectivity index (χ0) is 16.7. The van der Waals surface area contributed by atoms with E-state index in [1.807, 2.05) is 6.92 Å². The molecule has 0 unspecified atom stereocenters. The fourth-order valence-electron chi connectivity index (χ4n) is 2.72. The molecule has 0 aromatic heterocycles. The second-order valence-corrected chi connectivity index (χ2v) is 6.03. The lowest BCUT2D eigenvalue weighted by Gasteiger charge is -2.22. The van der Waals surface area contributed by atoms with E-state index in [0.29, 0.717) is 27.9 Å². The minimum Gasteiger partial charge on any atom is -0.325 e. The van der Waals surface area contributed by atoms with Gasteiger partial charge in [0.15, 0.2) is 11.6 Å². The number of rotatable bonds is 2. The number of anilines is 1. The zero-order valence-corrected chi connectivity index (χ0v) is 13.3. The van der Waals surface area contributed by atoms with Gasteiger partial charge in [-0.05, 0) is 18.6 Å². The number of amides is 1. The summed E-state index contributed by atoms with van der Waals surface area (Å²) < 4.78 is 0. The summed E-state index contributed by atoms with van der Waals surface area (Å²) in [5, 5.41) is 2.81. The fourth-order valence-corrected chi connectivity index (χ4v) is 2.72. The summed E-state index contributed by atoms with van der Waals surface area (Å²) in [5.41, 5.74) is 2.64. The first-order valence-corrected chi connectivity index (χ1v) is 7.54. The highest BCUT2D eigenvalue weighted by molar-refractivity contribution is 6.30. The lowest BCUT2D eigenvalue weighted by atomic mass is 9.82. The van der Waals surface area contributed by atoms with Crippen LogP contribution in [-0.2, 0) is 4.79 Å². The largest absolute Gasteiger partial charge is 0.325 e. The molecule has 116 valence electrons. The SMILES string of the molecule is Cc1ccc2c(c1NC(=O)C(C)C)C(=O)c1ccccc1C2=O. The quantitative estimate of drug-likeness (QED) is 0.789. The second kappa shape index (κ2) is 5.47. The molecular formula is C19H17NO3. The van der Waals surface area contributed by atoms with E-state index in [1.54, 1.807) is 50.2 Å². The highest BCUT2D eigenvalue weighted by Crippen LogP contribution is 2.34. The molecule has 0 saturated heterocycles. The van der Waals surface area contributed by atoms with Crippen LogP contribution < -0.4 is 5.32 Å². The summed E-state index contributed by atoms with van der Waals surface area (Å²) in [4.78, 5) is 37.6. The van der Waals surface area contributed by atoms with E-state index in [-0.39, 0.29) is 23.4 Å². The minimum atomic E-state index is -0.224. The summed E-state index contributed by atoms with van der Waals surface area (Å²) in [5.74, 6) is -0.805. The lowest BCUT2D eigenvalue weighted by molar-refractivity contribution is -0.118. The van der Waals surface area contributed by atoms with Crippen LogP contribution >= 0.6 is 0 Å². The summed E-state index contributed by atoms with van der Waals surface area (Å²) in [6.45, 7) is 5.37. The van der Waals surface area contributed by atoms with E-state index in [0.717, 1.165) is 5.56 Å². The number of nitrogens with one attached hydrogen (secondary N) is 1. The maximum absolute atomic E-state index is 12.9. The molecule has 1 amide bonds. The normalized spacial score (nSPS) is 12.9. The molecule has 2 aromatic rings. The van der Waals surface area contributed by atoms with E-state index < -0.39 is 0 Å². The number of carbonyl (C=O) groups is 3. The van der Waals surface area contributed by atoms with Gasteiger partial charge in [-0.1, -0.05) is 44.2 Å². The van der Waals surface area contributed by atoms with Crippen LogP contribution in [-0.4, -0.2) is 17.5 Å². The number of aryl methyl sites for hydroxylation is 1. The van der Waals surface area contributed by atoms with Gasteiger partial charge in [-0.3, -0.25) is 14.4 Å². The van der Waals surface area contributed by atoms with Crippen molar-refractivity contribution in [1.29, 1.82) is 0 Å². The average molecular weight is 307 g/mol. The molecule has 0 radical (unpaired) electrons. The highest BCUT2D eigenvalue weighted by atomic mass is 16.2. The Bertz CT molecular complexity index is 850. The maximum atomic E-state index is 12.9. The predicted octanol–water partition coefficient (Wildman–Crippen LogP) is 3.36. The maximum Gasteiger partial charge on any atom is 0.226 e. The van der Waals surface area contributed by atoms with Crippen molar-refractivity contribution in [2.24, 2.45) is 5.92 Å². The summed E-state index contributed by atoms with van der Waals surface area (Å²) in [7, 11) is 0. The average Bonchev–Trinajstić information content (AvgIpc) is 2.54. The topological polar surface area (TPSA) is 63.2 Å². The van der Waals surface area contributed by atoms with Crippen molar-refractivity contribution < 1.29 is 14.4 Å². The second-order valence-electron chi connectivity index (χ2n) is 6.03. The first-order valence-electron chi connectivity index (χ1n) is 7.54. The van der Waals surface area contributed by atoms with Gasteiger partial charge >= 0.3 is 0 Å². The summed E-state index contributed by atoms with van der Waals surface area (Å²) >= 11 is 0. The molecule has 0 spiro atoms. The van der Waals surface area contributed by atoms with Gasteiger partial charge < -0.3 is 5.32 Å². The van der Waals surface area contributed by atoms with Gasteiger partial charge in [-0.15, -0.1) is 0 Å². The van der Waals surface area contributed by atoms with Gasteiger partial charge in [0, 0.05) is 22.6 Å². The van der Waals surface area contributed by atoms with Crippen molar-refractivity contribution in [1.82, 2.24) is 0 Å². The van der Waals surface area contributed by atoms with Crippen LogP contribution in [0.5, 0.6) is 0 Å². The molecule has 4 heteroatoms. The van der Waals surface area contributed by atoms with E-state index in [9.17, 15) is 14.4 Å². The van der Waals surface area contributed by atoms with E-state index in [1.165, 1.54) is 0 Å². The Hall–Kier alpha value is -2.75. The lowest BCUT2D eigenvalue weighted by Crippen LogP contribution is -2.26. The standard InChI is InChI=1S/C19H17NO3/c1-10(2)19(23)20-16-11(3)8-9-14-15(16)18(22)13-7-5-4-6-12(13)17(14)21/h4-10H,1-3H3,(H,20,23). The Morgan fingerprint density at radius 2 is 1.52 bits per heavy atom. The molecule has 0 fully saturated rings. The van der Waals surface area contributed by atoms with Crippen LogP contribution in [0.1, 0.15) is 51.3 Å². The Labute approximate surface area is 134 Å². The number of fused-ring (bicyclic) bond motifs is 2. The third kappa shape index (κ3) is 2.36. The molecule has 0 heterocycles. The van der Waals surface area contributed by atoms with Crippen LogP contribution in [0.3, 0.4) is 0 Å². The molecule has 1 N–H and O–H groups in total. The molecular weight excluding hydrogens is 290 g/mol. The first-order chi connectivity index (χ1) is 10.9. The number of hydrogen-bond acceptors (Lipinski definition) is 3. The van der Waals surface area contributed by atoms with Crippen molar-refractivity contribution >= 4 is 23.2 Å². The van der Waals surface area contributed by atoms with Gasteiger partial charge in [0.25, 0.3) is 0 Å². The van der Waals surface area contributed by atoms with E-state index in [2.05, 4.69) is 5.32 Å². The molecule has 0 aliphatic heterocycles. The van der Waals surface area contributed by atoms with E-state index >= 15 is 0 Å². The molecule has 0 bridgehead atoms. The third-order valence-corrected chi connectivity index (χ3v) is 4.07. The molecule has 23 heavy (non-hydrogen) atoms. The van der Waals surface area contributed by atoms with Gasteiger partial charge in [-0.25, -0.2) is 0 Å². The molecule has 1 aliphatic rings. The van der Waals surface area contributed by atoms with Crippen molar-refractivity contribution in [2.45, 2.75) is 20.8 Å². The van der Waals surface area contributed by atoms with Crippen LogP contribution in [0.2, 0.25) is 0 Å². The monoisotopic (exact) mass is 307 g/mol. The van der Waals surface area contributed by atoms with Crippen molar-refractivity contribution in [3.8, 4) is 0 Å². The van der Waals surface area contributed by atoms with Crippen molar-refractivity contribution in [3.05, 3.63) is 64.2 Å². The molecule has 2 aromatic carbocycles. The van der Waals surface area contributed by atoms with Crippen LogP contribution in [0.4, 0.5) is 5.69 Å². The van der Waals surface area contributed by atoms with E-state index in [4.69, 9.17) is 0 Å². The van der Waals surface area contributed by atoms with Crippen LogP contribution in [0.25, 0.3) is 0 Å². The molecule has 0 atom stereocenters. The van der Waals surface area contributed by atoms with Crippen molar-refractivity contribution in [3.63, 3.8) is 0 Å². The molecule has 0 saturated carbocycles.